The maximum atomic E-state index is 11.7. The van der Waals surface area contributed by atoms with Gasteiger partial charge in [0, 0.05) is 19.5 Å². The maximum absolute atomic E-state index is 11.7. The molecule has 86 valence electrons. The molecule has 0 amide bonds. The highest BCUT2D eigenvalue weighted by atomic mass is 79.9. The first-order valence-electron chi connectivity index (χ1n) is 5.09. The van der Waals surface area contributed by atoms with Crippen LogP contribution in [0.3, 0.4) is 0 Å². The summed E-state index contributed by atoms with van der Waals surface area (Å²) in [6.45, 7) is 4.96. The summed E-state index contributed by atoms with van der Waals surface area (Å²) in [5.41, 5.74) is 0.599. The Labute approximate surface area is 103 Å². The molecular weight excluding hydrogens is 270 g/mol. The van der Waals surface area contributed by atoms with Gasteiger partial charge < -0.3 is 5.32 Å². The van der Waals surface area contributed by atoms with Gasteiger partial charge in [0.25, 0.3) is 5.56 Å². The van der Waals surface area contributed by atoms with Crippen LogP contribution in [0.5, 0.6) is 0 Å². The molecule has 1 N–H and O–H groups in total. The number of aromatic nitrogens is 2. The number of hydrogen-bond donors (Lipinski definition) is 1. The Kier molecular flexibility index (Phi) is 5.06. The molecule has 0 fully saturated rings. The van der Waals surface area contributed by atoms with Crippen LogP contribution >= 0.6 is 15.9 Å². The minimum atomic E-state index is -0.117. The Bertz CT molecular complexity index is 470. The number of aryl methyl sites for hydroxylation is 1. The van der Waals surface area contributed by atoms with Gasteiger partial charge in [0.2, 0.25) is 0 Å². The van der Waals surface area contributed by atoms with Crippen molar-refractivity contribution in [1.82, 2.24) is 9.78 Å². The van der Waals surface area contributed by atoms with Crippen molar-refractivity contribution < 1.29 is 0 Å². The van der Waals surface area contributed by atoms with E-state index in [9.17, 15) is 4.79 Å². The first kappa shape index (κ1) is 12.8. The normalized spacial score (nSPS) is 9.44. The molecule has 0 aliphatic carbocycles. The summed E-state index contributed by atoms with van der Waals surface area (Å²) >= 11 is 3.27. The average molecular weight is 284 g/mol. The second-order valence-corrected chi connectivity index (χ2v) is 3.89. The summed E-state index contributed by atoms with van der Waals surface area (Å²) in [5, 5.41) is 7.15. The Hall–Kier alpha value is -1.28. The highest BCUT2D eigenvalue weighted by molar-refractivity contribution is 9.10. The third-order valence-electron chi connectivity index (χ3n) is 2.03. The molecule has 0 atom stereocenters. The Morgan fingerprint density at radius 2 is 2.38 bits per heavy atom. The van der Waals surface area contributed by atoms with Crippen LogP contribution in [0.1, 0.15) is 20.3 Å². The van der Waals surface area contributed by atoms with Gasteiger partial charge in [-0.15, -0.1) is 11.8 Å². The Balaban J connectivity index is 2.77. The van der Waals surface area contributed by atoms with Crippen molar-refractivity contribution in [2.45, 2.75) is 26.8 Å². The summed E-state index contributed by atoms with van der Waals surface area (Å²) in [4.78, 5) is 11.7. The van der Waals surface area contributed by atoms with E-state index in [1.807, 2.05) is 6.92 Å². The zero-order valence-electron chi connectivity index (χ0n) is 9.38. The molecule has 0 aliphatic rings. The molecule has 4 nitrogen and oxygen atoms in total. The third kappa shape index (κ3) is 3.11. The average Bonchev–Trinajstić information content (AvgIpc) is 2.30. The van der Waals surface area contributed by atoms with Crippen LogP contribution in [0, 0.1) is 11.8 Å². The monoisotopic (exact) mass is 283 g/mol. The number of rotatable bonds is 4. The third-order valence-corrected chi connectivity index (χ3v) is 2.79. The summed E-state index contributed by atoms with van der Waals surface area (Å²) in [6, 6.07) is 0. The van der Waals surface area contributed by atoms with Crippen LogP contribution in [0.4, 0.5) is 5.69 Å². The Morgan fingerprint density at radius 3 is 3.00 bits per heavy atom. The molecule has 0 spiro atoms. The highest BCUT2D eigenvalue weighted by Crippen LogP contribution is 2.15. The lowest BCUT2D eigenvalue weighted by Crippen LogP contribution is -2.23. The van der Waals surface area contributed by atoms with Crippen molar-refractivity contribution in [1.29, 1.82) is 0 Å². The van der Waals surface area contributed by atoms with E-state index in [2.05, 4.69) is 38.2 Å². The maximum Gasteiger partial charge on any atom is 0.283 e. The molecule has 0 aromatic carbocycles. The molecule has 0 unspecified atom stereocenters. The summed E-state index contributed by atoms with van der Waals surface area (Å²) in [7, 11) is 0. The first-order chi connectivity index (χ1) is 7.70. The number of anilines is 1. The van der Waals surface area contributed by atoms with Gasteiger partial charge in [0.15, 0.2) is 0 Å². The zero-order valence-corrected chi connectivity index (χ0v) is 11.0. The quantitative estimate of drug-likeness (QED) is 0.678. The van der Waals surface area contributed by atoms with Crippen molar-refractivity contribution in [3.8, 4) is 11.8 Å². The van der Waals surface area contributed by atoms with Gasteiger partial charge >= 0.3 is 0 Å². The van der Waals surface area contributed by atoms with Gasteiger partial charge in [0.1, 0.15) is 4.47 Å². The second kappa shape index (κ2) is 6.33. The van der Waals surface area contributed by atoms with Gasteiger partial charge in [0.05, 0.1) is 11.9 Å². The second-order valence-electron chi connectivity index (χ2n) is 3.10. The van der Waals surface area contributed by atoms with Crippen molar-refractivity contribution in [2.75, 3.05) is 11.9 Å². The highest BCUT2D eigenvalue weighted by Gasteiger charge is 2.06. The standard InChI is InChI=1S/C11H14BrN3O/c1-3-5-6-7-13-9-8-14-15(4-2)11(16)10(9)12/h8,13H,4,6-7H2,1-2H3. The van der Waals surface area contributed by atoms with Gasteiger partial charge in [-0.2, -0.15) is 5.10 Å². The summed E-state index contributed by atoms with van der Waals surface area (Å²) in [6.07, 6.45) is 2.40. The number of nitrogens with zero attached hydrogens (tertiary/aromatic N) is 2. The number of halogens is 1. The molecule has 0 bridgehead atoms. The molecule has 1 aromatic heterocycles. The van der Waals surface area contributed by atoms with E-state index < -0.39 is 0 Å². The van der Waals surface area contributed by atoms with E-state index in [0.29, 0.717) is 23.2 Å². The number of hydrogen-bond acceptors (Lipinski definition) is 3. The molecule has 1 aromatic rings. The van der Waals surface area contributed by atoms with Crippen molar-refractivity contribution in [3.05, 3.63) is 21.0 Å². The molecule has 5 heteroatoms. The van der Waals surface area contributed by atoms with Gasteiger partial charge in [-0.1, -0.05) is 0 Å². The summed E-state index contributed by atoms with van der Waals surface area (Å²) < 4.78 is 1.93. The lowest BCUT2D eigenvalue weighted by Gasteiger charge is -2.07. The fourth-order valence-electron chi connectivity index (χ4n) is 1.20. The van der Waals surface area contributed by atoms with Gasteiger partial charge in [-0.05, 0) is 29.8 Å². The smallest absolute Gasteiger partial charge is 0.283 e. The van der Waals surface area contributed by atoms with Crippen molar-refractivity contribution >= 4 is 21.6 Å². The molecule has 0 aliphatic heterocycles. The van der Waals surface area contributed by atoms with Crippen LogP contribution in [0.15, 0.2) is 15.5 Å². The molecular formula is C11H14BrN3O. The predicted octanol–water partition coefficient (Wildman–Crippen LogP) is 1.85. The SMILES string of the molecule is CC#CCCNc1cnn(CC)c(=O)c1Br. The summed E-state index contributed by atoms with van der Waals surface area (Å²) in [5.74, 6) is 5.76. The van der Waals surface area contributed by atoms with Gasteiger partial charge in [-0.3, -0.25) is 4.79 Å². The zero-order chi connectivity index (χ0) is 12.0. The molecule has 1 rings (SSSR count). The van der Waals surface area contributed by atoms with Crippen LogP contribution in [0.2, 0.25) is 0 Å². The molecule has 0 saturated heterocycles. The van der Waals surface area contributed by atoms with Crippen LogP contribution < -0.4 is 10.9 Å². The molecule has 16 heavy (non-hydrogen) atoms. The van der Waals surface area contributed by atoms with E-state index in [1.165, 1.54) is 4.68 Å². The minimum Gasteiger partial charge on any atom is -0.382 e. The Morgan fingerprint density at radius 1 is 1.62 bits per heavy atom. The topological polar surface area (TPSA) is 46.9 Å². The van der Waals surface area contributed by atoms with Crippen molar-refractivity contribution in [2.24, 2.45) is 0 Å². The fraction of sp³-hybridized carbons (Fsp3) is 0.455. The molecule has 1 heterocycles. The lowest BCUT2D eigenvalue weighted by atomic mass is 10.4. The van der Waals surface area contributed by atoms with E-state index >= 15 is 0 Å². The van der Waals surface area contributed by atoms with Gasteiger partial charge in [-0.25, -0.2) is 4.68 Å². The molecule has 0 radical (unpaired) electrons. The van der Waals surface area contributed by atoms with E-state index in [4.69, 9.17) is 0 Å². The van der Waals surface area contributed by atoms with E-state index in [0.717, 1.165) is 6.42 Å². The number of nitrogens with one attached hydrogen (secondary N) is 1. The van der Waals surface area contributed by atoms with E-state index in [-0.39, 0.29) is 5.56 Å². The minimum absolute atomic E-state index is 0.117. The fourth-order valence-corrected chi connectivity index (χ4v) is 1.65. The predicted molar refractivity (Wildman–Crippen MR) is 68.4 cm³/mol. The van der Waals surface area contributed by atoms with E-state index in [1.54, 1.807) is 13.1 Å². The van der Waals surface area contributed by atoms with Crippen LogP contribution in [-0.2, 0) is 6.54 Å². The van der Waals surface area contributed by atoms with Crippen molar-refractivity contribution in [3.63, 3.8) is 0 Å². The molecule has 0 saturated carbocycles. The van der Waals surface area contributed by atoms with Crippen LogP contribution in [-0.4, -0.2) is 16.3 Å². The van der Waals surface area contributed by atoms with Crippen LogP contribution in [0.25, 0.3) is 0 Å². The first-order valence-corrected chi connectivity index (χ1v) is 5.89. The lowest BCUT2D eigenvalue weighted by molar-refractivity contribution is 0.613. The largest absolute Gasteiger partial charge is 0.382 e.